The molecule has 2 aromatic rings. The third kappa shape index (κ3) is 3.61. The van der Waals surface area contributed by atoms with Crippen molar-refractivity contribution < 1.29 is 8.78 Å². The lowest BCUT2D eigenvalue weighted by atomic mass is 10.1. The Balaban J connectivity index is 1.82. The smallest absolute Gasteiger partial charge is 0.130 e. The van der Waals surface area contributed by atoms with Gasteiger partial charge in [0.1, 0.15) is 11.6 Å². The van der Waals surface area contributed by atoms with Gasteiger partial charge in [0.15, 0.2) is 0 Å². The molecule has 1 unspecified atom stereocenters. The van der Waals surface area contributed by atoms with E-state index in [9.17, 15) is 8.78 Å². The lowest BCUT2D eigenvalue weighted by Gasteiger charge is -2.15. The van der Waals surface area contributed by atoms with Crippen molar-refractivity contribution in [1.29, 1.82) is 0 Å². The highest BCUT2D eigenvalue weighted by molar-refractivity contribution is 5.22. The van der Waals surface area contributed by atoms with Crippen molar-refractivity contribution in [2.75, 3.05) is 6.54 Å². The summed E-state index contributed by atoms with van der Waals surface area (Å²) in [4.78, 5) is 3.95. The summed E-state index contributed by atoms with van der Waals surface area (Å²) in [6.45, 7) is 3.28. The minimum atomic E-state index is -0.505. The van der Waals surface area contributed by atoms with Crippen molar-refractivity contribution in [3.05, 3.63) is 54.1 Å². The highest BCUT2D eigenvalue weighted by Crippen LogP contribution is 2.19. The van der Waals surface area contributed by atoms with Crippen molar-refractivity contribution in [3.8, 4) is 0 Å². The predicted molar refractivity (Wildman–Crippen MR) is 69.6 cm³/mol. The van der Waals surface area contributed by atoms with E-state index >= 15 is 0 Å². The number of hydrogen-bond donors (Lipinski definition) is 1. The highest BCUT2D eigenvalue weighted by Gasteiger charge is 2.14. The van der Waals surface area contributed by atoms with E-state index in [0.717, 1.165) is 13.0 Å². The predicted octanol–water partition coefficient (Wildman–Crippen LogP) is 2.90. The van der Waals surface area contributed by atoms with Crippen LogP contribution in [0.3, 0.4) is 0 Å². The van der Waals surface area contributed by atoms with Gasteiger partial charge in [0.25, 0.3) is 0 Å². The maximum Gasteiger partial charge on any atom is 0.130 e. The van der Waals surface area contributed by atoms with Gasteiger partial charge in [-0.25, -0.2) is 13.8 Å². The minimum absolute atomic E-state index is 0.102. The number of rotatable bonds is 6. The zero-order chi connectivity index (χ0) is 13.7. The van der Waals surface area contributed by atoms with E-state index in [1.807, 2.05) is 10.8 Å². The quantitative estimate of drug-likeness (QED) is 0.814. The van der Waals surface area contributed by atoms with Crippen molar-refractivity contribution >= 4 is 0 Å². The van der Waals surface area contributed by atoms with Crippen molar-refractivity contribution in [3.63, 3.8) is 0 Å². The number of nitrogens with one attached hydrogen (secondary N) is 1. The first-order valence-electron chi connectivity index (χ1n) is 6.31. The van der Waals surface area contributed by atoms with Gasteiger partial charge in [-0.15, -0.1) is 0 Å². The van der Waals surface area contributed by atoms with Crippen molar-refractivity contribution in [1.82, 2.24) is 14.9 Å². The lowest BCUT2D eigenvalue weighted by Crippen LogP contribution is -2.22. The van der Waals surface area contributed by atoms with Gasteiger partial charge in [0.2, 0.25) is 0 Å². The summed E-state index contributed by atoms with van der Waals surface area (Å²) in [6, 6.07) is 3.59. The van der Waals surface area contributed by atoms with Gasteiger partial charge in [-0.3, -0.25) is 0 Å². The van der Waals surface area contributed by atoms with Crippen LogP contribution in [0.1, 0.15) is 24.9 Å². The second-order valence-corrected chi connectivity index (χ2v) is 4.47. The average molecular weight is 265 g/mol. The standard InChI is InChI=1S/C14H17F2N3/c1-11(14-12(15)4-2-5-13(14)16)18-6-3-8-19-9-7-17-10-19/h2,4-5,7,9-11,18H,3,6,8H2,1H3. The summed E-state index contributed by atoms with van der Waals surface area (Å²) in [5.74, 6) is -1.01. The summed E-state index contributed by atoms with van der Waals surface area (Å²) >= 11 is 0. The molecule has 0 spiro atoms. The molecule has 102 valence electrons. The Kier molecular flexibility index (Phi) is 4.63. The van der Waals surface area contributed by atoms with Crippen LogP contribution in [0.2, 0.25) is 0 Å². The lowest BCUT2D eigenvalue weighted by molar-refractivity contribution is 0.475. The first kappa shape index (κ1) is 13.7. The molecule has 19 heavy (non-hydrogen) atoms. The maximum absolute atomic E-state index is 13.5. The Labute approximate surface area is 111 Å². The Morgan fingerprint density at radius 2 is 2.05 bits per heavy atom. The van der Waals surface area contributed by atoms with Gasteiger partial charge in [-0.2, -0.15) is 0 Å². The maximum atomic E-state index is 13.5. The number of nitrogens with zero attached hydrogens (tertiary/aromatic N) is 2. The molecule has 0 radical (unpaired) electrons. The molecule has 1 atom stereocenters. The average Bonchev–Trinajstić information content (AvgIpc) is 2.87. The van der Waals surface area contributed by atoms with Crippen molar-refractivity contribution in [2.24, 2.45) is 0 Å². The van der Waals surface area contributed by atoms with Gasteiger partial charge < -0.3 is 9.88 Å². The van der Waals surface area contributed by atoms with Crippen LogP contribution in [-0.2, 0) is 6.54 Å². The van der Waals surface area contributed by atoms with E-state index in [4.69, 9.17) is 0 Å². The Morgan fingerprint density at radius 3 is 2.68 bits per heavy atom. The van der Waals surface area contributed by atoms with Crippen LogP contribution in [0, 0.1) is 11.6 Å². The Bertz CT molecular complexity index is 491. The number of benzene rings is 1. The zero-order valence-electron chi connectivity index (χ0n) is 10.8. The summed E-state index contributed by atoms with van der Waals surface area (Å²) in [6.07, 6.45) is 6.24. The van der Waals surface area contributed by atoms with Gasteiger partial charge in [0.05, 0.1) is 6.33 Å². The second kappa shape index (κ2) is 6.43. The Morgan fingerprint density at radius 1 is 1.32 bits per heavy atom. The molecule has 0 saturated heterocycles. The van der Waals surface area contributed by atoms with Gasteiger partial charge >= 0.3 is 0 Å². The number of imidazole rings is 1. The molecule has 1 heterocycles. The second-order valence-electron chi connectivity index (χ2n) is 4.47. The fourth-order valence-electron chi connectivity index (χ4n) is 2.03. The summed E-state index contributed by atoms with van der Waals surface area (Å²) in [5.41, 5.74) is 0.102. The van der Waals surface area contributed by atoms with Crippen LogP contribution in [0.15, 0.2) is 36.9 Å². The molecular formula is C14H17F2N3. The topological polar surface area (TPSA) is 29.9 Å². The SMILES string of the molecule is CC(NCCCn1ccnc1)c1c(F)cccc1F. The molecule has 0 aliphatic carbocycles. The Hall–Kier alpha value is -1.75. The molecule has 0 saturated carbocycles. The molecular weight excluding hydrogens is 248 g/mol. The van der Waals surface area contributed by atoms with E-state index in [0.29, 0.717) is 6.54 Å². The van der Waals surface area contributed by atoms with Crippen LogP contribution in [0.25, 0.3) is 0 Å². The fourth-order valence-corrected chi connectivity index (χ4v) is 2.03. The summed E-state index contributed by atoms with van der Waals surface area (Å²) in [5, 5.41) is 3.13. The molecule has 0 aliphatic heterocycles. The van der Waals surface area contributed by atoms with Gasteiger partial charge in [-0.1, -0.05) is 6.07 Å². The summed E-state index contributed by atoms with van der Waals surface area (Å²) < 4.78 is 29.1. The largest absolute Gasteiger partial charge is 0.337 e. The molecule has 5 heteroatoms. The first-order valence-corrected chi connectivity index (χ1v) is 6.31. The van der Waals surface area contributed by atoms with E-state index in [1.165, 1.54) is 18.2 Å². The summed E-state index contributed by atoms with van der Waals surface area (Å²) in [7, 11) is 0. The monoisotopic (exact) mass is 265 g/mol. The van der Waals surface area contributed by atoms with Gasteiger partial charge in [0, 0.05) is 30.5 Å². The van der Waals surface area contributed by atoms with E-state index in [2.05, 4.69) is 10.3 Å². The third-order valence-corrected chi connectivity index (χ3v) is 3.04. The van der Waals surface area contributed by atoms with Crippen LogP contribution >= 0.6 is 0 Å². The molecule has 0 bridgehead atoms. The zero-order valence-corrected chi connectivity index (χ0v) is 10.8. The molecule has 0 fully saturated rings. The molecule has 1 aromatic heterocycles. The third-order valence-electron chi connectivity index (χ3n) is 3.04. The molecule has 3 nitrogen and oxygen atoms in total. The van der Waals surface area contributed by atoms with E-state index in [1.54, 1.807) is 19.4 Å². The highest BCUT2D eigenvalue weighted by atomic mass is 19.1. The van der Waals surface area contributed by atoms with Crippen LogP contribution in [0.4, 0.5) is 8.78 Å². The number of aryl methyl sites for hydroxylation is 1. The van der Waals surface area contributed by atoms with E-state index < -0.39 is 11.6 Å². The molecule has 0 aliphatic rings. The fraction of sp³-hybridized carbons (Fsp3) is 0.357. The minimum Gasteiger partial charge on any atom is -0.337 e. The van der Waals surface area contributed by atoms with Crippen LogP contribution < -0.4 is 5.32 Å². The number of aromatic nitrogens is 2. The van der Waals surface area contributed by atoms with Crippen LogP contribution in [-0.4, -0.2) is 16.1 Å². The molecule has 0 amide bonds. The van der Waals surface area contributed by atoms with Crippen LogP contribution in [0.5, 0.6) is 0 Å². The number of halogens is 2. The first-order chi connectivity index (χ1) is 9.18. The molecule has 1 N–H and O–H groups in total. The molecule has 1 aromatic carbocycles. The molecule has 2 rings (SSSR count). The van der Waals surface area contributed by atoms with Gasteiger partial charge in [-0.05, 0) is 32.0 Å². The van der Waals surface area contributed by atoms with E-state index in [-0.39, 0.29) is 11.6 Å². The number of hydrogen-bond acceptors (Lipinski definition) is 2. The normalized spacial score (nSPS) is 12.6. The van der Waals surface area contributed by atoms with Crippen molar-refractivity contribution in [2.45, 2.75) is 25.9 Å².